The summed E-state index contributed by atoms with van der Waals surface area (Å²) in [6, 6.07) is 7.04. The molecule has 0 aromatic heterocycles. The minimum atomic E-state index is -0.280. The van der Waals surface area contributed by atoms with E-state index in [-0.39, 0.29) is 23.0 Å². The number of methoxy groups -OCH3 is 1. The second-order valence-corrected chi connectivity index (χ2v) is 5.55. The molecule has 4 nitrogen and oxygen atoms in total. The number of esters is 1. The Morgan fingerprint density at radius 1 is 1.18 bits per heavy atom. The molecule has 126 valence electrons. The van der Waals surface area contributed by atoms with E-state index in [1.54, 1.807) is 25.3 Å². The molecular formula is C17H28BrNO3. The van der Waals surface area contributed by atoms with E-state index in [0.29, 0.717) is 17.9 Å². The van der Waals surface area contributed by atoms with Crippen molar-refractivity contribution in [2.45, 2.75) is 26.7 Å². The molecule has 22 heavy (non-hydrogen) atoms. The lowest BCUT2D eigenvalue weighted by molar-refractivity contribution is -0.906. The van der Waals surface area contributed by atoms with Gasteiger partial charge in [0, 0.05) is 0 Å². The predicted octanol–water partition coefficient (Wildman–Crippen LogP) is 0.123. The molecule has 0 saturated heterocycles. The zero-order valence-electron chi connectivity index (χ0n) is 14.1. The van der Waals surface area contributed by atoms with E-state index in [1.807, 2.05) is 6.07 Å². The van der Waals surface area contributed by atoms with E-state index >= 15 is 0 Å². The fraction of sp³-hybridized carbons (Fsp3) is 0.588. The van der Waals surface area contributed by atoms with Crippen molar-refractivity contribution in [2.24, 2.45) is 0 Å². The summed E-state index contributed by atoms with van der Waals surface area (Å²) >= 11 is 0. The number of rotatable bonds is 9. The van der Waals surface area contributed by atoms with Gasteiger partial charge in [0.25, 0.3) is 0 Å². The van der Waals surface area contributed by atoms with Crippen LogP contribution in [0.4, 0.5) is 0 Å². The highest BCUT2D eigenvalue weighted by molar-refractivity contribution is 5.89. The van der Waals surface area contributed by atoms with Gasteiger partial charge in [-0.05, 0) is 44.9 Å². The molecule has 1 rings (SSSR count). The summed E-state index contributed by atoms with van der Waals surface area (Å²) in [5, 5.41) is 0. The van der Waals surface area contributed by atoms with Crippen molar-refractivity contribution in [1.29, 1.82) is 0 Å². The molecule has 0 radical (unpaired) electrons. The quantitative estimate of drug-likeness (QED) is 0.350. The molecule has 0 fully saturated rings. The summed E-state index contributed by atoms with van der Waals surface area (Å²) in [5.74, 6) is 0.389. The van der Waals surface area contributed by atoms with Gasteiger partial charge in [-0.15, -0.1) is 0 Å². The molecule has 0 spiro atoms. The second-order valence-electron chi connectivity index (χ2n) is 5.55. The first kappa shape index (κ1) is 20.9. The third kappa shape index (κ3) is 6.79. The highest BCUT2D eigenvalue weighted by atomic mass is 79.9. The normalized spacial score (nSPS) is 10.7. The number of carbonyl (C=O) groups is 1. The number of carbonyl (C=O) groups excluding carboxylic acids is 1. The Bertz CT molecular complexity index is 447. The van der Waals surface area contributed by atoms with Crippen LogP contribution in [0.5, 0.6) is 5.75 Å². The Morgan fingerprint density at radius 2 is 1.86 bits per heavy atom. The number of hydrogen-bond acceptors (Lipinski definition) is 3. The molecule has 0 aliphatic carbocycles. The van der Waals surface area contributed by atoms with Crippen LogP contribution in [0.15, 0.2) is 24.3 Å². The van der Waals surface area contributed by atoms with Gasteiger partial charge in [-0.3, -0.25) is 0 Å². The molecule has 0 atom stereocenters. The summed E-state index contributed by atoms with van der Waals surface area (Å²) in [4.78, 5) is 11.9. The summed E-state index contributed by atoms with van der Waals surface area (Å²) in [7, 11) is 3.85. The number of halogens is 1. The lowest BCUT2D eigenvalue weighted by Gasteiger charge is -2.32. The van der Waals surface area contributed by atoms with Crippen molar-refractivity contribution in [3.63, 3.8) is 0 Å². The van der Waals surface area contributed by atoms with Crippen molar-refractivity contribution in [3.8, 4) is 5.75 Å². The summed E-state index contributed by atoms with van der Waals surface area (Å²) in [5.41, 5.74) is 0.539. The Kier molecular flexibility index (Phi) is 10.1. The van der Waals surface area contributed by atoms with Crippen molar-refractivity contribution in [3.05, 3.63) is 29.8 Å². The van der Waals surface area contributed by atoms with Crippen LogP contribution >= 0.6 is 0 Å². The third-order valence-electron chi connectivity index (χ3n) is 4.16. The van der Waals surface area contributed by atoms with Crippen LogP contribution < -0.4 is 21.7 Å². The topological polar surface area (TPSA) is 35.5 Å². The molecule has 0 heterocycles. The van der Waals surface area contributed by atoms with Crippen LogP contribution in [0.1, 0.15) is 37.0 Å². The standard InChI is InChI=1S/C17H28NO3.BrH/c1-5-18(3,6-2)12-7-8-13-21-17(19)15-10-9-11-16(14-15)20-4;/h9-11,14H,5-8,12-13H2,1-4H3;1H/q+1;/p-1. The van der Waals surface area contributed by atoms with E-state index in [0.717, 1.165) is 37.0 Å². The zero-order chi connectivity index (χ0) is 15.7. The first-order valence-electron chi connectivity index (χ1n) is 7.69. The van der Waals surface area contributed by atoms with Crippen molar-refractivity contribution in [1.82, 2.24) is 0 Å². The number of nitrogens with zero attached hydrogens (tertiary/aromatic N) is 1. The summed E-state index contributed by atoms with van der Waals surface area (Å²) < 4.78 is 11.5. The average Bonchev–Trinajstić information content (AvgIpc) is 2.54. The van der Waals surface area contributed by atoms with Crippen LogP contribution in [0.3, 0.4) is 0 Å². The van der Waals surface area contributed by atoms with Gasteiger partial charge in [0.15, 0.2) is 0 Å². The molecule has 0 saturated carbocycles. The molecule has 0 amide bonds. The van der Waals surface area contributed by atoms with Gasteiger partial charge < -0.3 is 30.9 Å². The second kappa shape index (κ2) is 10.6. The van der Waals surface area contributed by atoms with Gasteiger partial charge >= 0.3 is 5.97 Å². The molecule has 1 aromatic carbocycles. The van der Waals surface area contributed by atoms with Crippen LogP contribution in [0.2, 0.25) is 0 Å². The lowest BCUT2D eigenvalue weighted by atomic mass is 10.2. The third-order valence-corrected chi connectivity index (χ3v) is 4.16. The van der Waals surface area contributed by atoms with Crippen molar-refractivity contribution in [2.75, 3.05) is 40.4 Å². The molecule has 0 unspecified atom stereocenters. The molecule has 0 bridgehead atoms. The maximum Gasteiger partial charge on any atom is 0.338 e. The molecule has 5 heteroatoms. The fourth-order valence-corrected chi connectivity index (χ4v) is 2.13. The Morgan fingerprint density at radius 3 is 2.45 bits per heavy atom. The molecule has 0 N–H and O–H groups in total. The minimum Gasteiger partial charge on any atom is -1.00 e. The predicted molar refractivity (Wildman–Crippen MR) is 84.6 cm³/mol. The van der Waals surface area contributed by atoms with Gasteiger partial charge in [0.05, 0.1) is 46.0 Å². The lowest BCUT2D eigenvalue weighted by Crippen LogP contribution is -3.00. The van der Waals surface area contributed by atoms with E-state index in [4.69, 9.17) is 9.47 Å². The van der Waals surface area contributed by atoms with E-state index in [9.17, 15) is 4.79 Å². The first-order valence-corrected chi connectivity index (χ1v) is 7.69. The molecule has 0 aliphatic rings. The van der Waals surface area contributed by atoms with Gasteiger partial charge in [0.2, 0.25) is 0 Å². The number of unbranched alkanes of at least 4 members (excludes halogenated alkanes) is 1. The Labute approximate surface area is 144 Å². The van der Waals surface area contributed by atoms with Gasteiger partial charge in [-0.1, -0.05) is 6.07 Å². The zero-order valence-corrected chi connectivity index (χ0v) is 15.7. The number of quaternary nitrogens is 1. The molecular weight excluding hydrogens is 346 g/mol. The first-order chi connectivity index (χ1) is 10.0. The number of benzene rings is 1. The molecule has 1 aromatic rings. The van der Waals surface area contributed by atoms with E-state index in [1.165, 1.54) is 0 Å². The van der Waals surface area contributed by atoms with Crippen LogP contribution in [-0.2, 0) is 4.74 Å². The van der Waals surface area contributed by atoms with Crippen LogP contribution in [0, 0.1) is 0 Å². The highest BCUT2D eigenvalue weighted by Crippen LogP contribution is 2.13. The van der Waals surface area contributed by atoms with E-state index < -0.39 is 0 Å². The minimum absolute atomic E-state index is 0. The van der Waals surface area contributed by atoms with Gasteiger partial charge in [-0.25, -0.2) is 4.79 Å². The number of ether oxygens (including phenoxy) is 2. The van der Waals surface area contributed by atoms with Gasteiger partial charge in [-0.2, -0.15) is 0 Å². The van der Waals surface area contributed by atoms with Crippen LogP contribution in [-0.4, -0.2) is 50.9 Å². The van der Waals surface area contributed by atoms with Gasteiger partial charge in [0.1, 0.15) is 5.75 Å². The summed E-state index contributed by atoms with van der Waals surface area (Å²) in [6.45, 7) is 8.31. The largest absolute Gasteiger partial charge is 1.00 e. The monoisotopic (exact) mass is 373 g/mol. The Hall–Kier alpha value is -1.07. The number of hydrogen-bond donors (Lipinski definition) is 0. The van der Waals surface area contributed by atoms with Crippen molar-refractivity contribution < 1.29 is 35.7 Å². The maximum absolute atomic E-state index is 11.9. The SMILES string of the molecule is CC[N+](C)(CC)CCCCOC(=O)c1cccc(OC)c1.[Br-]. The fourth-order valence-electron chi connectivity index (χ4n) is 2.13. The van der Waals surface area contributed by atoms with E-state index in [2.05, 4.69) is 20.9 Å². The van der Waals surface area contributed by atoms with Crippen molar-refractivity contribution >= 4 is 5.97 Å². The summed E-state index contributed by atoms with van der Waals surface area (Å²) in [6.07, 6.45) is 1.98. The average molecular weight is 374 g/mol. The highest BCUT2D eigenvalue weighted by Gasteiger charge is 2.15. The Balaban J connectivity index is 0.00000441. The smallest absolute Gasteiger partial charge is 0.338 e. The molecule has 0 aliphatic heterocycles. The van der Waals surface area contributed by atoms with Crippen LogP contribution in [0.25, 0.3) is 0 Å². The maximum atomic E-state index is 11.9.